The highest BCUT2D eigenvalue weighted by atomic mass is 16.5. The highest BCUT2D eigenvalue weighted by molar-refractivity contribution is 6.00. The lowest BCUT2D eigenvalue weighted by Gasteiger charge is -2.12. The molecule has 1 aromatic carbocycles. The Kier molecular flexibility index (Phi) is 4.07. The number of ether oxygens (including phenoxy) is 2. The average molecular weight is 249 g/mol. The molecule has 1 aliphatic rings. The maximum absolute atomic E-state index is 8.86. The van der Waals surface area contributed by atoms with Crippen molar-refractivity contribution in [2.45, 2.75) is 26.2 Å². The first-order chi connectivity index (χ1) is 8.74. The molecule has 1 saturated carbocycles. The SMILES string of the molecule is COc1ccc(/C(C)=N/O)c(OCCC2CC2)c1. The Hall–Kier alpha value is -1.71. The molecular formula is C14H19NO3. The molecule has 0 aliphatic heterocycles. The Labute approximate surface area is 107 Å². The van der Waals surface area contributed by atoms with Gasteiger partial charge in [-0.1, -0.05) is 18.0 Å². The van der Waals surface area contributed by atoms with Gasteiger partial charge in [0.15, 0.2) is 0 Å². The van der Waals surface area contributed by atoms with E-state index in [-0.39, 0.29) is 0 Å². The number of methoxy groups -OCH3 is 1. The van der Waals surface area contributed by atoms with E-state index in [0.29, 0.717) is 18.1 Å². The van der Waals surface area contributed by atoms with Crippen LogP contribution in [-0.4, -0.2) is 24.6 Å². The lowest BCUT2D eigenvalue weighted by atomic mass is 10.1. The van der Waals surface area contributed by atoms with Gasteiger partial charge in [0.05, 0.1) is 19.4 Å². The van der Waals surface area contributed by atoms with E-state index < -0.39 is 0 Å². The molecule has 1 N–H and O–H groups in total. The minimum absolute atomic E-state index is 0.541. The average Bonchev–Trinajstić information content (AvgIpc) is 3.22. The maximum atomic E-state index is 8.86. The van der Waals surface area contributed by atoms with Crippen LogP contribution >= 0.6 is 0 Å². The topological polar surface area (TPSA) is 51.0 Å². The third-order valence-corrected chi connectivity index (χ3v) is 3.21. The maximum Gasteiger partial charge on any atom is 0.132 e. The van der Waals surface area contributed by atoms with E-state index in [0.717, 1.165) is 23.7 Å². The van der Waals surface area contributed by atoms with Crippen LogP contribution in [0, 0.1) is 5.92 Å². The van der Waals surface area contributed by atoms with Crippen LogP contribution in [0.2, 0.25) is 0 Å². The zero-order valence-electron chi connectivity index (χ0n) is 10.8. The van der Waals surface area contributed by atoms with Crippen molar-refractivity contribution < 1.29 is 14.7 Å². The van der Waals surface area contributed by atoms with Gasteiger partial charge in [0.1, 0.15) is 11.5 Å². The van der Waals surface area contributed by atoms with Gasteiger partial charge in [-0.15, -0.1) is 0 Å². The molecule has 0 spiro atoms. The summed E-state index contributed by atoms with van der Waals surface area (Å²) >= 11 is 0. The molecule has 0 bridgehead atoms. The number of hydrogen-bond donors (Lipinski definition) is 1. The molecule has 98 valence electrons. The largest absolute Gasteiger partial charge is 0.497 e. The molecule has 0 heterocycles. The van der Waals surface area contributed by atoms with Crippen LogP contribution in [-0.2, 0) is 0 Å². The van der Waals surface area contributed by atoms with Crippen molar-refractivity contribution in [2.24, 2.45) is 11.1 Å². The standard InChI is InChI=1S/C14H19NO3/c1-10(15-16)13-6-5-12(17-2)9-14(13)18-8-7-11-3-4-11/h5-6,9,11,16H,3-4,7-8H2,1-2H3/b15-10+. The number of benzene rings is 1. The minimum Gasteiger partial charge on any atom is -0.497 e. The van der Waals surface area contributed by atoms with E-state index in [1.165, 1.54) is 12.8 Å². The second kappa shape index (κ2) is 5.76. The summed E-state index contributed by atoms with van der Waals surface area (Å²) in [5, 5.41) is 12.1. The van der Waals surface area contributed by atoms with E-state index in [4.69, 9.17) is 14.7 Å². The highest BCUT2D eigenvalue weighted by Gasteiger charge is 2.21. The predicted octanol–water partition coefficient (Wildman–Crippen LogP) is 3.07. The molecule has 0 radical (unpaired) electrons. The number of oxime groups is 1. The summed E-state index contributed by atoms with van der Waals surface area (Å²) in [7, 11) is 1.62. The molecule has 1 aromatic rings. The van der Waals surface area contributed by atoms with Crippen molar-refractivity contribution in [3.05, 3.63) is 23.8 Å². The first-order valence-corrected chi connectivity index (χ1v) is 6.24. The van der Waals surface area contributed by atoms with Crippen molar-refractivity contribution in [3.63, 3.8) is 0 Å². The van der Waals surface area contributed by atoms with Crippen LogP contribution in [0.15, 0.2) is 23.4 Å². The van der Waals surface area contributed by atoms with Gasteiger partial charge < -0.3 is 14.7 Å². The Morgan fingerprint density at radius 3 is 2.83 bits per heavy atom. The van der Waals surface area contributed by atoms with Crippen molar-refractivity contribution in [1.82, 2.24) is 0 Å². The molecule has 4 nitrogen and oxygen atoms in total. The Balaban J connectivity index is 2.11. The van der Waals surface area contributed by atoms with E-state index in [1.54, 1.807) is 14.0 Å². The lowest BCUT2D eigenvalue weighted by molar-refractivity contribution is 0.298. The minimum atomic E-state index is 0.541. The van der Waals surface area contributed by atoms with Gasteiger partial charge in [-0.2, -0.15) is 0 Å². The van der Waals surface area contributed by atoms with Crippen LogP contribution < -0.4 is 9.47 Å². The zero-order chi connectivity index (χ0) is 13.0. The van der Waals surface area contributed by atoms with Gasteiger partial charge in [0, 0.05) is 11.6 Å². The molecule has 1 aliphatic carbocycles. The molecule has 18 heavy (non-hydrogen) atoms. The van der Waals surface area contributed by atoms with Crippen LogP contribution in [0.5, 0.6) is 11.5 Å². The summed E-state index contributed by atoms with van der Waals surface area (Å²) in [6, 6.07) is 5.51. The van der Waals surface area contributed by atoms with E-state index >= 15 is 0 Å². The molecule has 1 fully saturated rings. The van der Waals surface area contributed by atoms with Gasteiger partial charge in [-0.25, -0.2) is 0 Å². The van der Waals surface area contributed by atoms with Gasteiger partial charge in [-0.3, -0.25) is 0 Å². The molecule has 0 aromatic heterocycles. The van der Waals surface area contributed by atoms with Gasteiger partial charge in [0.25, 0.3) is 0 Å². The summed E-state index contributed by atoms with van der Waals surface area (Å²) in [6.45, 7) is 2.44. The Morgan fingerprint density at radius 2 is 2.22 bits per heavy atom. The number of nitrogens with zero attached hydrogens (tertiary/aromatic N) is 1. The smallest absolute Gasteiger partial charge is 0.132 e. The molecule has 0 amide bonds. The fourth-order valence-corrected chi connectivity index (χ4v) is 1.84. The van der Waals surface area contributed by atoms with Gasteiger partial charge in [-0.05, 0) is 31.4 Å². The van der Waals surface area contributed by atoms with Crippen molar-refractivity contribution >= 4 is 5.71 Å². The molecule has 0 unspecified atom stereocenters. The molecule has 0 atom stereocenters. The second-order valence-corrected chi connectivity index (χ2v) is 4.63. The van der Waals surface area contributed by atoms with E-state index in [1.807, 2.05) is 18.2 Å². The lowest BCUT2D eigenvalue weighted by Crippen LogP contribution is -2.04. The van der Waals surface area contributed by atoms with Crippen molar-refractivity contribution in [1.29, 1.82) is 0 Å². The number of rotatable bonds is 6. The molecule has 2 rings (SSSR count). The first kappa shape index (κ1) is 12.7. The third-order valence-electron chi connectivity index (χ3n) is 3.21. The summed E-state index contributed by atoms with van der Waals surface area (Å²) in [6.07, 6.45) is 3.74. The van der Waals surface area contributed by atoms with Gasteiger partial charge in [0.2, 0.25) is 0 Å². The molecular weight excluding hydrogens is 230 g/mol. The molecule has 0 saturated heterocycles. The normalized spacial score (nSPS) is 15.6. The molecule has 4 heteroatoms. The summed E-state index contributed by atoms with van der Waals surface area (Å²) in [5.74, 6) is 2.29. The monoisotopic (exact) mass is 249 g/mol. The summed E-state index contributed by atoms with van der Waals surface area (Å²) in [4.78, 5) is 0. The fourth-order valence-electron chi connectivity index (χ4n) is 1.84. The van der Waals surface area contributed by atoms with E-state index in [9.17, 15) is 0 Å². The van der Waals surface area contributed by atoms with Crippen LogP contribution in [0.25, 0.3) is 0 Å². The zero-order valence-corrected chi connectivity index (χ0v) is 10.8. The fraction of sp³-hybridized carbons (Fsp3) is 0.500. The Morgan fingerprint density at radius 1 is 1.44 bits per heavy atom. The number of hydrogen-bond acceptors (Lipinski definition) is 4. The first-order valence-electron chi connectivity index (χ1n) is 6.24. The second-order valence-electron chi connectivity index (χ2n) is 4.63. The Bertz CT molecular complexity index is 439. The third kappa shape index (κ3) is 3.15. The highest BCUT2D eigenvalue weighted by Crippen LogP contribution is 2.33. The van der Waals surface area contributed by atoms with E-state index in [2.05, 4.69) is 5.16 Å². The van der Waals surface area contributed by atoms with Crippen LogP contribution in [0.1, 0.15) is 31.7 Å². The summed E-state index contributed by atoms with van der Waals surface area (Å²) < 4.78 is 11.0. The van der Waals surface area contributed by atoms with Crippen molar-refractivity contribution in [2.75, 3.05) is 13.7 Å². The van der Waals surface area contributed by atoms with Crippen molar-refractivity contribution in [3.8, 4) is 11.5 Å². The van der Waals surface area contributed by atoms with Crippen LogP contribution in [0.3, 0.4) is 0 Å². The van der Waals surface area contributed by atoms with Gasteiger partial charge >= 0.3 is 0 Å². The predicted molar refractivity (Wildman–Crippen MR) is 69.8 cm³/mol. The van der Waals surface area contributed by atoms with Crippen LogP contribution in [0.4, 0.5) is 0 Å². The summed E-state index contributed by atoms with van der Waals surface area (Å²) in [5.41, 5.74) is 1.34. The quantitative estimate of drug-likeness (QED) is 0.479.